The summed E-state index contributed by atoms with van der Waals surface area (Å²) in [6.07, 6.45) is 3.10. The zero-order valence-corrected chi connectivity index (χ0v) is 14.5. The molecule has 0 heterocycles. The molecule has 1 N–H and O–H groups in total. The monoisotopic (exact) mass is 301 g/mol. The smallest absolute Gasteiger partial charge is 0.0615 e. The highest BCUT2D eigenvalue weighted by Gasteiger charge is 2.32. The highest BCUT2D eigenvalue weighted by Crippen LogP contribution is 2.34. The maximum atomic E-state index is 10.4. The van der Waals surface area contributed by atoms with Crippen molar-refractivity contribution in [2.45, 2.75) is 52.2 Å². The molecule has 4 unspecified atom stereocenters. The van der Waals surface area contributed by atoms with Crippen LogP contribution in [0, 0.1) is 17.8 Å². The molecule has 4 atom stereocenters. The Balaban J connectivity index is 2.61. The summed E-state index contributed by atoms with van der Waals surface area (Å²) in [6, 6.07) is 0.358. The molecule has 0 amide bonds. The number of aliphatic hydroxyl groups excluding tert-OH is 1. The van der Waals surface area contributed by atoms with Gasteiger partial charge in [0.1, 0.15) is 0 Å². The van der Waals surface area contributed by atoms with Crippen LogP contribution in [0.15, 0.2) is 0 Å². The van der Waals surface area contributed by atoms with Crippen LogP contribution >= 0.6 is 0 Å². The quantitative estimate of drug-likeness (QED) is 0.710. The molecule has 21 heavy (non-hydrogen) atoms. The van der Waals surface area contributed by atoms with Gasteiger partial charge in [0.15, 0.2) is 0 Å². The lowest BCUT2D eigenvalue weighted by Gasteiger charge is -2.39. The van der Waals surface area contributed by atoms with Gasteiger partial charge in [0, 0.05) is 33.4 Å². The van der Waals surface area contributed by atoms with Crippen molar-refractivity contribution in [3.8, 4) is 0 Å². The van der Waals surface area contributed by atoms with Gasteiger partial charge in [-0.1, -0.05) is 13.8 Å². The minimum atomic E-state index is -0.153. The average Bonchev–Trinajstić information content (AvgIpc) is 2.45. The first kappa shape index (κ1) is 18.9. The fourth-order valence-corrected chi connectivity index (χ4v) is 3.43. The zero-order chi connectivity index (χ0) is 15.8. The van der Waals surface area contributed by atoms with Crippen LogP contribution in [-0.2, 0) is 9.47 Å². The summed E-state index contributed by atoms with van der Waals surface area (Å²) in [4.78, 5) is 2.41. The van der Waals surface area contributed by atoms with Crippen LogP contribution < -0.4 is 0 Å². The summed E-state index contributed by atoms with van der Waals surface area (Å²) in [7, 11) is 3.48. The molecule has 0 bridgehead atoms. The van der Waals surface area contributed by atoms with E-state index in [4.69, 9.17) is 9.47 Å². The summed E-state index contributed by atoms with van der Waals surface area (Å²) >= 11 is 0. The second-order valence-electron chi connectivity index (χ2n) is 6.94. The third-order valence-corrected chi connectivity index (χ3v) is 5.01. The topological polar surface area (TPSA) is 41.9 Å². The number of hydrogen-bond donors (Lipinski definition) is 1. The van der Waals surface area contributed by atoms with Crippen LogP contribution in [0.4, 0.5) is 0 Å². The number of aliphatic hydroxyl groups is 1. The first-order valence-corrected chi connectivity index (χ1v) is 8.39. The van der Waals surface area contributed by atoms with Crippen molar-refractivity contribution >= 4 is 0 Å². The van der Waals surface area contributed by atoms with Crippen molar-refractivity contribution < 1.29 is 14.6 Å². The zero-order valence-electron chi connectivity index (χ0n) is 14.5. The normalized spacial score (nSPS) is 28.3. The third-order valence-electron chi connectivity index (χ3n) is 5.01. The van der Waals surface area contributed by atoms with E-state index in [-0.39, 0.29) is 6.10 Å². The highest BCUT2D eigenvalue weighted by molar-refractivity contribution is 4.84. The predicted octanol–water partition coefficient (Wildman–Crippen LogP) is 2.40. The second kappa shape index (κ2) is 9.78. The van der Waals surface area contributed by atoms with E-state index < -0.39 is 0 Å². The Morgan fingerprint density at radius 2 is 1.86 bits per heavy atom. The van der Waals surface area contributed by atoms with E-state index in [0.717, 1.165) is 45.1 Å². The number of hydrogen-bond acceptors (Lipinski definition) is 4. The van der Waals surface area contributed by atoms with Crippen LogP contribution in [0.5, 0.6) is 0 Å². The number of ether oxygens (including phenoxy) is 2. The highest BCUT2D eigenvalue weighted by atomic mass is 16.5. The molecule has 126 valence electrons. The molecule has 0 aromatic heterocycles. The maximum Gasteiger partial charge on any atom is 0.0615 e. The number of nitrogens with zero attached hydrogens (tertiary/aromatic N) is 1. The molecule has 4 nitrogen and oxygen atoms in total. The molecule has 1 rings (SSSR count). The summed E-state index contributed by atoms with van der Waals surface area (Å²) < 4.78 is 10.5. The Hall–Kier alpha value is -0.160. The van der Waals surface area contributed by atoms with Crippen molar-refractivity contribution in [1.29, 1.82) is 0 Å². The molecule has 0 aromatic rings. The Labute approximate surface area is 130 Å². The molecule has 0 aromatic carbocycles. The van der Waals surface area contributed by atoms with E-state index in [9.17, 15) is 5.11 Å². The van der Waals surface area contributed by atoms with Gasteiger partial charge in [-0.2, -0.15) is 0 Å². The van der Waals surface area contributed by atoms with Gasteiger partial charge in [0.25, 0.3) is 0 Å². The standard InChI is InChI=1S/C17H35NO3/c1-13(2)15-6-7-17(19)16(10-15)11-18(8-9-20-4)14(3)12-21-5/h13-17,19H,6-12H2,1-5H3. The second-order valence-corrected chi connectivity index (χ2v) is 6.94. The molecular formula is C17H35NO3. The van der Waals surface area contributed by atoms with Gasteiger partial charge >= 0.3 is 0 Å². The largest absolute Gasteiger partial charge is 0.393 e. The first-order chi connectivity index (χ1) is 9.99. The van der Waals surface area contributed by atoms with E-state index >= 15 is 0 Å². The lowest BCUT2D eigenvalue weighted by molar-refractivity contribution is -0.00245. The average molecular weight is 301 g/mol. The van der Waals surface area contributed by atoms with Gasteiger partial charge in [-0.3, -0.25) is 4.90 Å². The number of rotatable bonds is 9. The van der Waals surface area contributed by atoms with Crippen LogP contribution in [0.2, 0.25) is 0 Å². The van der Waals surface area contributed by atoms with Crippen molar-refractivity contribution in [3.05, 3.63) is 0 Å². The lowest BCUT2D eigenvalue weighted by atomic mass is 9.74. The Morgan fingerprint density at radius 1 is 1.14 bits per heavy atom. The van der Waals surface area contributed by atoms with Crippen LogP contribution in [0.3, 0.4) is 0 Å². The van der Waals surface area contributed by atoms with E-state index in [1.807, 2.05) is 0 Å². The number of methoxy groups -OCH3 is 2. The van der Waals surface area contributed by atoms with Gasteiger partial charge in [-0.25, -0.2) is 0 Å². The van der Waals surface area contributed by atoms with Crippen LogP contribution in [0.1, 0.15) is 40.0 Å². The van der Waals surface area contributed by atoms with Gasteiger partial charge < -0.3 is 14.6 Å². The Morgan fingerprint density at radius 3 is 2.43 bits per heavy atom. The van der Waals surface area contributed by atoms with Gasteiger partial charge in [-0.15, -0.1) is 0 Å². The van der Waals surface area contributed by atoms with Gasteiger partial charge in [-0.05, 0) is 43.9 Å². The third kappa shape index (κ3) is 6.23. The minimum Gasteiger partial charge on any atom is -0.393 e. The molecule has 1 aliphatic rings. The first-order valence-electron chi connectivity index (χ1n) is 8.39. The fourth-order valence-electron chi connectivity index (χ4n) is 3.43. The van der Waals surface area contributed by atoms with E-state index in [0.29, 0.717) is 17.9 Å². The Kier molecular flexibility index (Phi) is 8.79. The molecule has 4 heteroatoms. The van der Waals surface area contributed by atoms with Crippen LogP contribution in [-0.4, -0.2) is 62.7 Å². The minimum absolute atomic E-state index is 0.153. The van der Waals surface area contributed by atoms with Crippen LogP contribution in [0.25, 0.3) is 0 Å². The van der Waals surface area contributed by atoms with Crippen molar-refractivity contribution in [1.82, 2.24) is 4.90 Å². The van der Waals surface area contributed by atoms with E-state index in [1.165, 1.54) is 6.42 Å². The Bertz CT molecular complexity index is 273. The van der Waals surface area contributed by atoms with E-state index in [2.05, 4.69) is 25.7 Å². The van der Waals surface area contributed by atoms with E-state index in [1.54, 1.807) is 14.2 Å². The molecular weight excluding hydrogens is 266 g/mol. The summed E-state index contributed by atoms with van der Waals surface area (Å²) in [5, 5.41) is 10.4. The van der Waals surface area contributed by atoms with Gasteiger partial charge in [0.2, 0.25) is 0 Å². The maximum absolute atomic E-state index is 10.4. The lowest BCUT2D eigenvalue weighted by Crippen LogP contribution is -2.45. The molecule has 0 aliphatic heterocycles. The molecule has 0 saturated heterocycles. The molecule has 1 saturated carbocycles. The summed E-state index contributed by atoms with van der Waals surface area (Å²) in [5.74, 6) is 1.84. The SMILES string of the molecule is COCCN(CC1CC(C(C)C)CCC1O)C(C)COC. The van der Waals surface area contributed by atoms with Crippen molar-refractivity contribution in [2.75, 3.05) is 40.5 Å². The van der Waals surface area contributed by atoms with Crippen molar-refractivity contribution in [3.63, 3.8) is 0 Å². The molecule has 1 fully saturated rings. The summed E-state index contributed by atoms with van der Waals surface area (Å²) in [5.41, 5.74) is 0. The van der Waals surface area contributed by atoms with Crippen molar-refractivity contribution in [2.24, 2.45) is 17.8 Å². The predicted molar refractivity (Wildman–Crippen MR) is 86.5 cm³/mol. The fraction of sp³-hybridized carbons (Fsp3) is 1.00. The molecule has 1 aliphatic carbocycles. The van der Waals surface area contributed by atoms with Gasteiger partial charge in [0.05, 0.1) is 19.3 Å². The summed E-state index contributed by atoms with van der Waals surface area (Å²) in [6.45, 7) is 10.1. The molecule has 0 spiro atoms. The molecule has 0 radical (unpaired) electrons.